The van der Waals surface area contributed by atoms with Gasteiger partial charge in [-0.3, -0.25) is 4.79 Å². The molecule has 3 rings (SSSR count). The lowest BCUT2D eigenvalue weighted by Gasteiger charge is -2.09. The Morgan fingerprint density at radius 3 is 2.85 bits per heavy atom. The topological polar surface area (TPSA) is 35.5 Å². The molecule has 0 aliphatic carbocycles. The van der Waals surface area contributed by atoms with Gasteiger partial charge < -0.3 is 9.47 Å². The SMILES string of the molecule is COc1ccc2c(c1)C(=O)[C@H](Cc1cccc(F)c1)O2. The van der Waals surface area contributed by atoms with Crippen LogP contribution in [0.3, 0.4) is 0 Å². The van der Waals surface area contributed by atoms with Crippen LogP contribution in [0.1, 0.15) is 15.9 Å². The monoisotopic (exact) mass is 272 g/mol. The minimum Gasteiger partial charge on any atom is -0.497 e. The number of carbonyl (C=O) groups is 1. The van der Waals surface area contributed by atoms with Crippen LogP contribution >= 0.6 is 0 Å². The van der Waals surface area contributed by atoms with Crippen molar-refractivity contribution < 1.29 is 18.7 Å². The molecule has 2 aromatic rings. The number of ketones is 1. The van der Waals surface area contributed by atoms with Crippen molar-refractivity contribution in [2.24, 2.45) is 0 Å². The van der Waals surface area contributed by atoms with E-state index >= 15 is 0 Å². The number of rotatable bonds is 3. The second-order valence-corrected chi connectivity index (χ2v) is 4.67. The summed E-state index contributed by atoms with van der Waals surface area (Å²) in [5, 5.41) is 0. The number of hydrogen-bond donors (Lipinski definition) is 0. The minimum absolute atomic E-state index is 0.0943. The summed E-state index contributed by atoms with van der Waals surface area (Å²) in [6.07, 6.45) is -0.243. The molecule has 1 heterocycles. The summed E-state index contributed by atoms with van der Waals surface area (Å²) in [4.78, 5) is 12.3. The van der Waals surface area contributed by atoms with Crippen molar-refractivity contribution in [3.8, 4) is 11.5 Å². The summed E-state index contributed by atoms with van der Waals surface area (Å²) in [6.45, 7) is 0. The zero-order valence-corrected chi connectivity index (χ0v) is 10.9. The summed E-state index contributed by atoms with van der Waals surface area (Å²) >= 11 is 0. The van der Waals surface area contributed by atoms with Crippen LogP contribution in [-0.4, -0.2) is 19.0 Å². The number of halogens is 1. The van der Waals surface area contributed by atoms with Crippen LogP contribution in [0.15, 0.2) is 42.5 Å². The van der Waals surface area contributed by atoms with Gasteiger partial charge in [0.05, 0.1) is 12.7 Å². The molecule has 4 heteroatoms. The first kappa shape index (κ1) is 12.7. The molecule has 20 heavy (non-hydrogen) atoms. The Bertz CT molecular complexity index is 667. The van der Waals surface area contributed by atoms with Crippen molar-refractivity contribution in [3.63, 3.8) is 0 Å². The highest BCUT2D eigenvalue weighted by molar-refractivity contribution is 6.05. The van der Waals surface area contributed by atoms with Crippen molar-refractivity contribution in [1.82, 2.24) is 0 Å². The summed E-state index contributed by atoms with van der Waals surface area (Å²) in [5.41, 5.74) is 1.26. The van der Waals surface area contributed by atoms with Gasteiger partial charge >= 0.3 is 0 Å². The molecule has 1 aliphatic rings. The fourth-order valence-electron chi connectivity index (χ4n) is 2.32. The van der Waals surface area contributed by atoms with Crippen LogP contribution in [0.5, 0.6) is 11.5 Å². The van der Waals surface area contributed by atoms with Gasteiger partial charge in [-0.2, -0.15) is 0 Å². The first-order chi connectivity index (χ1) is 9.67. The molecule has 2 aromatic carbocycles. The molecular formula is C16H13FO3. The van der Waals surface area contributed by atoms with Gasteiger partial charge in [0.1, 0.15) is 17.3 Å². The average Bonchev–Trinajstić information content (AvgIpc) is 2.75. The molecule has 1 aliphatic heterocycles. The van der Waals surface area contributed by atoms with Crippen LogP contribution in [0, 0.1) is 5.82 Å². The van der Waals surface area contributed by atoms with Crippen LogP contribution in [0.25, 0.3) is 0 Å². The van der Waals surface area contributed by atoms with Crippen molar-refractivity contribution >= 4 is 5.78 Å². The molecule has 0 N–H and O–H groups in total. The molecule has 0 saturated carbocycles. The van der Waals surface area contributed by atoms with Gasteiger partial charge in [0, 0.05) is 6.42 Å². The standard InChI is InChI=1S/C16H13FO3/c1-19-12-5-6-14-13(9-12)16(18)15(20-14)8-10-3-2-4-11(17)7-10/h2-7,9,15H,8H2,1H3/t15-/m0/s1. The van der Waals surface area contributed by atoms with Crippen LogP contribution in [0.4, 0.5) is 4.39 Å². The number of carbonyl (C=O) groups excluding carboxylic acids is 1. The van der Waals surface area contributed by atoms with E-state index in [0.29, 0.717) is 23.5 Å². The molecule has 0 amide bonds. The van der Waals surface area contributed by atoms with Gasteiger partial charge in [-0.05, 0) is 35.9 Å². The fourth-order valence-corrected chi connectivity index (χ4v) is 2.32. The number of methoxy groups -OCH3 is 1. The second kappa shape index (κ2) is 4.96. The number of Topliss-reactive ketones (excluding diaryl/α,β-unsaturated/α-hetero) is 1. The van der Waals surface area contributed by atoms with E-state index in [-0.39, 0.29) is 11.6 Å². The minimum atomic E-state index is -0.598. The van der Waals surface area contributed by atoms with Gasteiger partial charge in [-0.1, -0.05) is 12.1 Å². The Morgan fingerprint density at radius 1 is 1.25 bits per heavy atom. The van der Waals surface area contributed by atoms with Gasteiger partial charge in [-0.15, -0.1) is 0 Å². The summed E-state index contributed by atoms with van der Waals surface area (Å²) in [7, 11) is 1.55. The highest BCUT2D eigenvalue weighted by Gasteiger charge is 2.32. The zero-order valence-electron chi connectivity index (χ0n) is 10.9. The maximum atomic E-state index is 13.2. The maximum Gasteiger partial charge on any atom is 0.207 e. The van der Waals surface area contributed by atoms with Crippen molar-refractivity contribution in [1.29, 1.82) is 0 Å². The highest BCUT2D eigenvalue weighted by atomic mass is 19.1. The zero-order chi connectivity index (χ0) is 14.1. The van der Waals surface area contributed by atoms with E-state index in [1.165, 1.54) is 12.1 Å². The Morgan fingerprint density at radius 2 is 2.10 bits per heavy atom. The van der Waals surface area contributed by atoms with Gasteiger partial charge in [0.15, 0.2) is 6.10 Å². The number of fused-ring (bicyclic) bond motifs is 1. The average molecular weight is 272 g/mol. The molecule has 0 aromatic heterocycles. The lowest BCUT2D eigenvalue weighted by molar-refractivity contribution is 0.0857. The predicted octanol–water partition coefficient (Wildman–Crippen LogP) is 3.02. The van der Waals surface area contributed by atoms with Crippen LogP contribution < -0.4 is 9.47 Å². The van der Waals surface area contributed by atoms with Gasteiger partial charge in [-0.25, -0.2) is 4.39 Å². The highest BCUT2D eigenvalue weighted by Crippen LogP contribution is 2.33. The molecule has 3 nitrogen and oxygen atoms in total. The lowest BCUT2D eigenvalue weighted by atomic mass is 10.0. The van der Waals surface area contributed by atoms with Gasteiger partial charge in [0.25, 0.3) is 0 Å². The third kappa shape index (κ3) is 2.25. The molecule has 102 valence electrons. The molecule has 0 radical (unpaired) electrons. The summed E-state index contributed by atoms with van der Waals surface area (Å²) in [6, 6.07) is 11.3. The first-order valence-corrected chi connectivity index (χ1v) is 6.31. The van der Waals surface area contributed by atoms with E-state index in [1.807, 2.05) is 0 Å². The summed E-state index contributed by atoms with van der Waals surface area (Å²) < 4.78 is 23.9. The van der Waals surface area contributed by atoms with E-state index in [0.717, 1.165) is 5.56 Å². The quantitative estimate of drug-likeness (QED) is 0.861. The number of benzene rings is 2. The van der Waals surface area contributed by atoms with Crippen molar-refractivity contribution in [3.05, 3.63) is 59.4 Å². The number of hydrogen-bond acceptors (Lipinski definition) is 3. The first-order valence-electron chi connectivity index (χ1n) is 6.31. The van der Waals surface area contributed by atoms with Crippen molar-refractivity contribution in [2.75, 3.05) is 7.11 Å². The predicted molar refractivity (Wildman–Crippen MR) is 71.8 cm³/mol. The lowest BCUT2D eigenvalue weighted by Crippen LogP contribution is -2.23. The van der Waals surface area contributed by atoms with Crippen LogP contribution in [-0.2, 0) is 6.42 Å². The largest absolute Gasteiger partial charge is 0.497 e. The molecule has 0 saturated heterocycles. The van der Waals surface area contributed by atoms with E-state index in [1.54, 1.807) is 37.4 Å². The number of ether oxygens (including phenoxy) is 2. The van der Waals surface area contributed by atoms with Gasteiger partial charge in [0.2, 0.25) is 5.78 Å². The molecule has 0 fully saturated rings. The van der Waals surface area contributed by atoms with E-state index < -0.39 is 6.10 Å². The Labute approximate surface area is 115 Å². The fraction of sp³-hybridized carbons (Fsp3) is 0.188. The molecule has 0 spiro atoms. The Kier molecular flexibility index (Phi) is 3.14. The molecule has 0 unspecified atom stereocenters. The molecular weight excluding hydrogens is 259 g/mol. The van der Waals surface area contributed by atoms with E-state index in [2.05, 4.69) is 0 Å². The Balaban J connectivity index is 1.83. The van der Waals surface area contributed by atoms with Crippen molar-refractivity contribution in [2.45, 2.75) is 12.5 Å². The third-order valence-corrected chi connectivity index (χ3v) is 3.32. The molecule has 0 bridgehead atoms. The normalized spacial score (nSPS) is 16.7. The van der Waals surface area contributed by atoms with Crippen LogP contribution in [0.2, 0.25) is 0 Å². The third-order valence-electron chi connectivity index (χ3n) is 3.32. The summed E-state index contributed by atoms with van der Waals surface area (Å²) in [5.74, 6) is 0.764. The Hall–Kier alpha value is -2.36. The molecule has 1 atom stereocenters. The smallest absolute Gasteiger partial charge is 0.207 e. The van der Waals surface area contributed by atoms with E-state index in [4.69, 9.17) is 9.47 Å². The van der Waals surface area contributed by atoms with E-state index in [9.17, 15) is 9.18 Å². The maximum absolute atomic E-state index is 13.2. The second-order valence-electron chi connectivity index (χ2n) is 4.67.